The van der Waals surface area contributed by atoms with Crippen molar-refractivity contribution in [3.63, 3.8) is 0 Å². The van der Waals surface area contributed by atoms with Gasteiger partial charge in [0, 0.05) is 12.5 Å². The van der Waals surface area contributed by atoms with Crippen molar-refractivity contribution >= 4 is 18.0 Å². The molecule has 10 nitrogen and oxygen atoms in total. The lowest BCUT2D eigenvalue weighted by Crippen LogP contribution is -2.41. The molecule has 1 aliphatic rings. The van der Waals surface area contributed by atoms with E-state index in [1.807, 2.05) is 0 Å². The van der Waals surface area contributed by atoms with E-state index in [0.717, 1.165) is 19.1 Å². The number of alkyl halides is 6. The van der Waals surface area contributed by atoms with Crippen LogP contribution in [0.2, 0.25) is 0 Å². The Balaban J connectivity index is 2.30. The zero-order chi connectivity index (χ0) is 26.6. The molecule has 0 saturated carbocycles. The minimum Gasteiger partial charge on any atom is -0.475 e. The van der Waals surface area contributed by atoms with Gasteiger partial charge in [-0.2, -0.15) is 13.2 Å². The molecule has 1 aliphatic heterocycles. The van der Waals surface area contributed by atoms with E-state index < -0.39 is 72.1 Å². The summed E-state index contributed by atoms with van der Waals surface area (Å²) in [4.78, 5) is 37.9. The van der Waals surface area contributed by atoms with Crippen LogP contribution in [0.5, 0.6) is 11.5 Å². The number of ether oxygens (including phenoxy) is 4. The van der Waals surface area contributed by atoms with Gasteiger partial charge in [0.25, 0.3) is 5.09 Å². The maximum Gasteiger partial charge on any atom is 0.573 e. The van der Waals surface area contributed by atoms with Gasteiger partial charge in [-0.05, 0) is 30.2 Å². The molecule has 0 N–H and O–H groups in total. The van der Waals surface area contributed by atoms with Crippen molar-refractivity contribution in [2.45, 2.75) is 51.6 Å². The zero-order valence-corrected chi connectivity index (χ0v) is 17.9. The summed E-state index contributed by atoms with van der Waals surface area (Å²) in [6.45, 7) is 1.76. The third kappa shape index (κ3) is 7.92. The van der Waals surface area contributed by atoms with Crippen LogP contribution in [0.1, 0.15) is 31.4 Å². The first-order valence-corrected chi connectivity index (χ1v) is 9.66. The van der Waals surface area contributed by atoms with E-state index >= 15 is 0 Å². The lowest BCUT2D eigenvalue weighted by atomic mass is 9.97. The Kier molecular flexibility index (Phi) is 8.41. The van der Waals surface area contributed by atoms with Crippen molar-refractivity contribution in [2.24, 2.45) is 0 Å². The molecule has 2 rings (SSSR count). The Hall–Kier alpha value is -3.72. The lowest BCUT2D eigenvalue weighted by Gasteiger charge is -2.30. The van der Waals surface area contributed by atoms with Crippen LogP contribution in [-0.4, -0.2) is 48.6 Å². The van der Waals surface area contributed by atoms with E-state index in [9.17, 15) is 46.0 Å². The fourth-order valence-corrected chi connectivity index (χ4v) is 2.91. The molecule has 0 aliphatic carbocycles. The number of hydrogen-bond acceptors (Lipinski definition) is 9. The molecule has 0 radical (unpaired) electrons. The molecule has 1 aromatic carbocycles. The molecule has 0 saturated heterocycles. The maximum absolute atomic E-state index is 13.6. The number of hydrogen-bond donors (Lipinski definition) is 0. The molecule has 1 aromatic rings. The van der Waals surface area contributed by atoms with E-state index in [0.29, 0.717) is 6.08 Å². The molecule has 0 bridgehead atoms. The standard InChI is InChI=1S/C19H17F6NO9/c1-3-10-6-12(35-19(23,24)25)7-11-8-13(16(18(20,21)22)34-15(10)11)17(28)33-9(2)32-14(27)4-5-31-26(29)30/h6-9,16H,3-5H2,1-2H3. The first-order valence-electron chi connectivity index (χ1n) is 9.66. The molecule has 2 unspecified atom stereocenters. The van der Waals surface area contributed by atoms with E-state index in [4.69, 9.17) is 4.74 Å². The third-order valence-corrected chi connectivity index (χ3v) is 4.22. The average Bonchev–Trinajstić information content (AvgIpc) is 2.69. The smallest absolute Gasteiger partial charge is 0.475 e. The zero-order valence-electron chi connectivity index (χ0n) is 17.9. The van der Waals surface area contributed by atoms with Crippen LogP contribution in [0, 0.1) is 10.1 Å². The van der Waals surface area contributed by atoms with Crippen molar-refractivity contribution in [1.82, 2.24) is 0 Å². The molecule has 0 aromatic heterocycles. The first-order chi connectivity index (χ1) is 16.1. The molecular formula is C19H17F6NO9. The molecule has 16 heteroatoms. The highest BCUT2D eigenvalue weighted by atomic mass is 19.4. The summed E-state index contributed by atoms with van der Waals surface area (Å²) in [5.41, 5.74) is -1.48. The molecule has 0 fully saturated rings. The van der Waals surface area contributed by atoms with Crippen LogP contribution in [-0.2, 0) is 30.3 Å². The number of aryl methyl sites for hydroxylation is 1. The summed E-state index contributed by atoms with van der Waals surface area (Å²) in [7, 11) is 0. The quantitative estimate of drug-likeness (QED) is 0.158. The second-order valence-corrected chi connectivity index (χ2v) is 6.81. The van der Waals surface area contributed by atoms with E-state index in [1.165, 1.54) is 6.92 Å². The number of rotatable bonds is 9. The molecular weight excluding hydrogens is 500 g/mol. The Morgan fingerprint density at radius 2 is 1.83 bits per heavy atom. The summed E-state index contributed by atoms with van der Waals surface area (Å²) in [5, 5.41) is 8.87. The summed E-state index contributed by atoms with van der Waals surface area (Å²) in [6.07, 6.45) is -14.8. The largest absolute Gasteiger partial charge is 0.573 e. The molecule has 0 spiro atoms. The highest BCUT2D eigenvalue weighted by molar-refractivity contribution is 5.96. The van der Waals surface area contributed by atoms with Gasteiger partial charge in [0.1, 0.15) is 18.1 Å². The number of nitrogens with zero attached hydrogens (tertiary/aromatic N) is 1. The summed E-state index contributed by atoms with van der Waals surface area (Å²) >= 11 is 0. The minimum absolute atomic E-state index is 0.0251. The number of halogens is 6. The van der Waals surface area contributed by atoms with Gasteiger partial charge in [-0.3, -0.25) is 4.79 Å². The Bertz CT molecular complexity index is 1010. The van der Waals surface area contributed by atoms with E-state index in [1.54, 1.807) is 0 Å². The van der Waals surface area contributed by atoms with Crippen molar-refractivity contribution in [3.05, 3.63) is 38.9 Å². The van der Waals surface area contributed by atoms with Gasteiger partial charge in [-0.15, -0.1) is 23.3 Å². The summed E-state index contributed by atoms with van der Waals surface area (Å²) in [6, 6.07) is 1.60. The van der Waals surface area contributed by atoms with Gasteiger partial charge < -0.3 is 23.8 Å². The van der Waals surface area contributed by atoms with Crippen LogP contribution >= 0.6 is 0 Å². The van der Waals surface area contributed by atoms with Crippen molar-refractivity contribution < 1.29 is 64.8 Å². The predicted octanol–water partition coefficient (Wildman–Crippen LogP) is 3.89. The lowest BCUT2D eigenvalue weighted by molar-refractivity contribution is -0.757. The van der Waals surface area contributed by atoms with Crippen LogP contribution in [0.3, 0.4) is 0 Å². The second kappa shape index (κ2) is 10.7. The summed E-state index contributed by atoms with van der Waals surface area (Å²) in [5.74, 6) is -3.91. The fourth-order valence-electron chi connectivity index (χ4n) is 2.91. The number of carbonyl (C=O) groups is 2. The SMILES string of the molecule is CCc1cc(OC(F)(F)F)cc2c1OC(C(F)(F)F)C(C(=O)OC(C)OC(=O)CCO[N+](=O)[O-])=C2. The van der Waals surface area contributed by atoms with Crippen LogP contribution in [0.25, 0.3) is 6.08 Å². The number of carbonyl (C=O) groups excluding carboxylic acids is 2. The van der Waals surface area contributed by atoms with Crippen molar-refractivity contribution in [3.8, 4) is 11.5 Å². The van der Waals surface area contributed by atoms with Gasteiger partial charge in [0.2, 0.25) is 12.4 Å². The van der Waals surface area contributed by atoms with Crippen LogP contribution in [0.4, 0.5) is 26.3 Å². The normalized spacial score (nSPS) is 16.2. The highest BCUT2D eigenvalue weighted by Gasteiger charge is 2.49. The average molecular weight is 517 g/mol. The Morgan fingerprint density at radius 1 is 1.17 bits per heavy atom. The van der Waals surface area contributed by atoms with Gasteiger partial charge in [0.15, 0.2) is 0 Å². The number of esters is 2. The molecule has 35 heavy (non-hydrogen) atoms. The third-order valence-electron chi connectivity index (χ3n) is 4.22. The summed E-state index contributed by atoms with van der Waals surface area (Å²) < 4.78 is 96.8. The monoisotopic (exact) mass is 517 g/mol. The van der Waals surface area contributed by atoms with Gasteiger partial charge in [-0.1, -0.05) is 6.92 Å². The first kappa shape index (κ1) is 27.5. The maximum atomic E-state index is 13.6. The molecule has 0 amide bonds. The molecule has 194 valence electrons. The van der Waals surface area contributed by atoms with E-state index in [-0.39, 0.29) is 17.5 Å². The Labute approximate surface area is 192 Å². The number of fused-ring (bicyclic) bond motifs is 1. The number of benzene rings is 1. The Morgan fingerprint density at radius 3 is 2.37 bits per heavy atom. The van der Waals surface area contributed by atoms with E-state index in [2.05, 4.69) is 19.0 Å². The highest BCUT2D eigenvalue weighted by Crippen LogP contribution is 2.42. The van der Waals surface area contributed by atoms with Crippen molar-refractivity contribution in [1.29, 1.82) is 0 Å². The topological polar surface area (TPSA) is 123 Å². The van der Waals surface area contributed by atoms with Crippen LogP contribution in [0.15, 0.2) is 17.7 Å². The van der Waals surface area contributed by atoms with Gasteiger partial charge in [0.05, 0.1) is 12.0 Å². The van der Waals surface area contributed by atoms with Crippen molar-refractivity contribution in [2.75, 3.05) is 6.61 Å². The van der Waals surface area contributed by atoms with Crippen LogP contribution < -0.4 is 9.47 Å². The predicted molar refractivity (Wildman–Crippen MR) is 100 cm³/mol. The molecule has 2 atom stereocenters. The van der Waals surface area contributed by atoms with Gasteiger partial charge >= 0.3 is 24.5 Å². The second-order valence-electron chi connectivity index (χ2n) is 6.81. The minimum atomic E-state index is -5.13. The molecule has 1 heterocycles. The fraction of sp³-hybridized carbons (Fsp3) is 0.474. The van der Waals surface area contributed by atoms with Gasteiger partial charge in [-0.25, -0.2) is 4.79 Å².